The number of aliphatic imine (C=N–C) groups is 1. The van der Waals surface area contributed by atoms with Gasteiger partial charge >= 0.3 is 0 Å². The molecule has 0 aliphatic carbocycles. The molecule has 4 heteroatoms. The van der Waals surface area contributed by atoms with Crippen molar-refractivity contribution in [3.05, 3.63) is 29.8 Å². The van der Waals surface area contributed by atoms with Crippen LogP contribution in [0.4, 0.5) is 0 Å². The molecule has 2 aliphatic rings. The quantitative estimate of drug-likeness (QED) is 0.882. The Bertz CT molecular complexity index is 458. The predicted molar refractivity (Wildman–Crippen MR) is 72.0 cm³/mol. The van der Waals surface area contributed by atoms with Crippen molar-refractivity contribution in [3.63, 3.8) is 0 Å². The topological polar surface area (TPSA) is 36.9 Å². The number of nitrogens with zero attached hydrogens (tertiary/aromatic N) is 2. The molecule has 1 atom stereocenters. The summed E-state index contributed by atoms with van der Waals surface area (Å²) in [5, 5.41) is 3.34. The van der Waals surface area contributed by atoms with Crippen molar-refractivity contribution in [1.82, 2.24) is 10.2 Å². The van der Waals surface area contributed by atoms with Crippen molar-refractivity contribution in [2.75, 3.05) is 26.2 Å². The first-order chi connectivity index (χ1) is 8.90. The van der Waals surface area contributed by atoms with Gasteiger partial charge in [0.1, 0.15) is 5.75 Å². The van der Waals surface area contributed by atoms with Crippen LogP contribution in [0.1, 0.15) is 24.9 Å². The minimum atomic E-state index is 0.398. The first-order valence-corrected chi connectivity index (χ1v) is 6.67. The van der Waals surface area contributed by atoms with E-state index in [0.717, 1.165) is 37.8 Å². The van der Waals surface area contributed by atoms with Gasteiger partial charge in [0.15, 0.2) is 5.96 Å². The molecule has 1 fully saturated rings. The fourth-order valence-corrected chi connectivity index (χ4v) is 2.76. The summed E-state index contributed by atoms with van der Waals surface area (Å²) in [4.78, 5) is 6.90. The number of ether oxygens (including phenoxy) is 1. The zero-order valence-corrected chi connectivity index (χ0v) is 10.7. The molecule has 0 saturated carbocycles. The van der Waals surface area contributed by atoms with Crippen LogP contribution in [-0.2, 0) is 0 Å². The van der Waals surface area contributed by atoms with Crippen LogP contribution in [0.25, 0.3) is 0 Å². The smallest absolute Gasteiger partial charge is 0.194 e. The van der Waals surface area contributed by atoms with Crippen LogP contribution in [-0.4, -0.2) is 37.1 Å². The lowest BCUT2D eigenvalue weighted by Gasteiger charge is -2.33. The van der Waals surface area contributed by atoms with Crippen LogP contribution in [0.3, 0.4) is 0 Å². The number of guanidine groups is 1. The second kappa shape index (κ2) is 4.88. The Morgan fingerprint density at radius 2 is 2.33 bits per heavy atom. The van der Waals surface area contributed by atoms with Gasteiger partial charge in [0.05, 0.1) is 12.6 Å². The Kier molecular flexibility index (Phi) is 3.09. The molecule has 0 aromatic heterocycles. The number of para-hydroxylation sites is 1. The van der Waals surface area contributed by atoms with Gasteiger partial charge in [0, 0.05) is 25.2 Å². The Morgan fingerprint density at radius 3 is 3.22 bits per heavy atom. The van der Waals surface area contributed by atoms with Crippen LogP contribution in [0, 0.1) is 0 Å². The zero-order valence-electron chi connectivity index (χ0n) is 10.7. The minimum absolute atomic E-state index is 0.398. The molecule has 96 valence electrons. The number of hydrogen-bond donors (Lipinski definition) is 1. The summed E-state index contributed by atoms with van der Waals surface area (Å²) < 4.78 is 5.75. The van der Waals surface area contributed by atoms with E-state index in [1.54, 1.807) is 0 Å². The molecule has 0 spiro atoms. The van der Waals surface area contributed by atoms with E-state index in [0.29, 0.717) is 12.6 Å². The molecule has 1 aromatic carbocycles. The summed E-state index contributed by atoms with van der Waals surface area (Å²) in [5.74, 6) is 2.07. The second-order valence-corrected chi connectivity index (χ2v) is 4.60. The van der Waals surface area contributed by atoms with Gasteiger partial charge < -0.3 is 15.0 Å². The van der Waals surface area contributed by atoms with Gasteiger partial charge in [-0.2, -0.15) is 0 Å². The third-order valence-corrected chi connectivity index (χ3v) is 3.53. The molecule has 4 nitrogen and oxygen atoms in total. The van der Waals surface area contributed by atoms with E-state index in [1.165, 1.54) is 5.56 Å². The van der Waals surface area contributed by atoms with Gasteiger partial charge in [-0.1, -0.05) is 18.2 Å². The van der Waals surface area contributed by atoms with E-state index in [2.05, 4.69) is 33.4 Å². The third kappa shape index (κ3) is 1.92. The summed E-state index contributed by atoms with van der Waals surface area (Å²) >= 11 is 0. The maximum Gasteiger partial charge on any atom is 0.194 e. The van der Waals surface area contributed by atoms with Gasteiger partial charge in [0.2, 0.25) is 0 Å². The summed E-state index contributed by atoms with van der Waals surface area (Å²) in [6, 6.07) is 8.77. The predicted octanol–water partition coefficient (Wildman–Crippen LogP) is 1.79. The Labute approximate surface area is 108 Å². The molecule has 2 aliphatic heterocycles. The molecular weight excluding hydrogens is 226 g/mol. The van der Waals surface area contributed by atoms with Crippen molar-refractivity contribution in [2.24, 2.45) is 4.99 Å². The molecule has 1 N–H and O–H groups in total. The number of rotatable bonds is 3. The van der Waals surface area contributed by atoms with Crippen LogP contribution < -0.4 is 10.1 Å². The highest BCUT2D eigenvalue weighted by atomic mass is 16.5. The van der Waals surface area contributed by atoms with Gasteiger partial charge in [0.25, 0.3) is 0 Å². The van der Waals surface area contributed by atoms with Crippen molar-refractivity contribution in [3.8, 4) is 5.75 Å². The fourth-order valence-electron chi connectivity index (χ4n) is 2.76. The number of hydrogen-bond acceptors (Lipinski definition) is 4. The van der Waals surface area contributed by atoms with Gasteiger partial charge in [-0.15, -0.1) is 0 Å². The fraction of sp³-hybridized carbons (Fsp3) is 0.500. The molecule has 2 heterocycles. The summed E-state index contributed by atoms with van der Waals surface area (Å²) in [7, 11) is 0. The molecule has 0 bridgehead atoms. The van der Waals surface area contributed by atoms with Crippen molar-refractivity contribution >= 4 is 5.96 Å². The molecule has 0 radical (unpaired) electrons. The van der Waals surface area contributed by atoms with E-state index in [-0.39, 0.29) is 0 Å². The average molecular weight is 245 g/mol. The highest BCUT2D eigenvalue weighted by molar-refractivity contribution is 5.83. The Morgan fingerprint density at radius 1 is 1.44 bits per heavy atom. The van der Waals surface area contributed by atoms with Gasteiger partial charge in [-0.05, 0) is 19.4 Å². The summed E-state index contributed by atoms with van der Waals surface area (Å²) in [6.07, 6.45) is 1.06. The van der Waals surface area contributed by atoms with E-state index in [9.17, 15) is 0 Å². The molecule has 1 unspecified atom stereocenters. The second-order valence-electron chi connectivity index (χ2n) is 4.60. The summed E-state index contributed by atoms with van der Waals surface area (Å²) in [6.45, 7) is 5.66. The number of fused-ring (bicyclic) bond motifs is 1. The first kappa shape index (κ1) is 11.4. The number of benzene rings is 1. The highest BCUT2D eigenvalue weighted by Crippen LogP contribution is 2.34. The molecule has 18 heavy (non-hydrogen) atoms. The van der Waals surface area contributed by atoms with Crippen molar-refractivity contribution in [1.29, 1.82) is 0 Å². The normalized spacial score (nSPS) is 22.2. The van der Waals surface area contributed by atoms with E-state index >= 15 is 0 Å². The SMILES string of the molecule is CCOc1ccccc1C1CCN=C2NCCN21. The molecule has 1 aromatic rings. The zero-order chi connectivity index (χ0) is 12.4. The van der Waals surface area contributed by atoms with Crippen LogP contribution in [0.2, 0.25) is 0 Å². The monoisotopic (exact) mass is 245 g/mol. The standard InChI is InChI=1S/C14H19N3O/c1-2-18-13-6-4-3-5-11(13)12-7-8-15-14-16-9-10-17(12)14/h3-6,12H,2,7-10H2,1H3,(H,15,16). The van der Waals surface area contributed by atoms with Crippen molar-refractivity contribution < 1.29 is 4.74 Å². The Hall–Kier alpha value is -1.71. The maximum absolute atomic E-state index is 5.75. The van der Waals surface area contributed by atoms with E-state index in [1.807, 2.05) is 13.0 Å². The summed E-state index contributed by atoms with van der Waals surface area (Å²) in [5.41, 5.74) is 1.29. The minimum Gasteiger partial charge on any atom is -0.494 e. The van der Waals surface area contributed by atoms with Crippen LogP contribution in [0.5, 0.6) is 5.75 Å². The van der Waals surface area contributed by atoms with Crippen LogP contribution in [0.15, 0.2) is 29.3 Å². The lowest BCUT2D eigenvalue weighted by molar-refractivity contribution is 0.289. The highest BCUT2D eigenvalue weighted by Gasteiger charge is 2.31. The molecule has 3 rings (SSSR count). The maximum atomic E-state index is 5.75. The third-order valence-electron chi connectivity index (χ3n) is 3.53. The lowest BCUT2D eigenvalue weighted by atomic mass is 10.00. The van der Waals surface area contributed by atoms with Gasteiger partial charge in [-0.25, -0.2) is 0 Å². The first-order valence-electron chi connectivity index (χ1n) is 6.67. The molecule has 0 amide bonds. The van der Waals surface area contributed by atoms with Crippen molar-refractivity contribution in [2.45, 2.75) is 19.4 Å². The average Bonchev–Trinajstić information content (AvgIpc) is 2.88. The number of nitrogens with one attached hydrogen (secondary N) is 1. The Balaban J connectivity index is 1.92. The van der Waals surface area contributed by atoms with Crippen LogP contribution >= 0.6 is 0 Å². The van der Waals surface area contributed by atoms with Gasteiger partial charge in [-0.3, -0.25) is 4.99 Å². The van der Waals surface area contributed by atoms with E-state index in [4.69, 9.17) is 4.74 Å². The molecular formula is C14H19N3O. The van der Waals surface area contributed by atoms with E-state index < -0.39 is 0 Å². The largest absolute Gasteiger partial charge is 0.494 e. The lowest BCUT2D eigenvalue weighted by Crippen LogP contribution is -2.37. The molecule has 1 saturated heterocycles.